The summed E-state index contributed by atoms with van der Waals surface area (Å²) >= 11 is 0. The molecule has 39 heavy (non-hydrogen) atoms. The SMILES string of the molecule is C[C@H]1COCc2ccc(C(=O)NCc3cc4nc(N5CCOc6cc(F)cnc65)ccc4cn3)cc2S1(=O)=O. The second-order valence-corrected chi connectivity index (χ2v) is 11.7. The van der Waals surface area contributed by atoms with Crippen LogP contribution in [0, 0.1) is 5.82 Å². The van der Waals surface area contributed by atoms with Gasteiger partial charge in [0, 0.05) is 23.2 Å². The predicted molar refractivity (Wildman–Crippen MR) is 140 cm³/mol. The molecule has 0 saturated heterocycles. The molecule has 0 unspecified atom stereocenters. The Kier molecular flexibility index (Phi) is 6.35. The molecule has 2 aliphatic heterocycles. The van der Waals surface area contributed by atoms with E-state index >= 15 is 0 Å². The van der Waals surface area contributed by atoms with Crippen LogP contribution in [0.15, 0.2) is 59.8 Å². The molecule has 5 heterocycles. The number of hydrogen-bond acceptors (Lipinski definition) is 9. The average molecular weight is 550 g/mol. The maximum Gasteiger partial charge on any atom is 0.251 e. The lowest BCUT2D eigenvalue weighted by Gasteiger charge is -2.29. The highest BCUT2D eigenvalue weighted by Gasteiger charge is 2.30. The number of rotatable bonds is 4. The van der Waals surface area contributed by atoms with Gasteiger partial charge in [-0.3, -0.25) is 9.78 Å². The second kappa shape index (κ2) is 9.86. The molecule has 4 aromatic rings. The Balaban J connectivity index is 1.22. The summed E-state index contributed by atoms with van der Waals surface area (Å²) in [7, 11) is -3.60. The molecule has 2 aliphatic rings. The van der Waals surface area contributed by atoms with E-state index in [4.69, 9.17) is 14.5 Å². The quantitative estimate of drug-likeness (QED) is 0.408. The molecular weight excluding hydrogens is 525 g/mol. The highest BCUT2D eigenvalue weighted by atomic mass is 32.2. The van der Waals surface area contributed by atoms with Gasteiger partial charge in [-0.2, -0.15) is 0 Å². The third kappa shape index (κ3) is 4.77. The van der Waals surface area contributed by atoms with Gasteiger partial charge in [-0.1, -0.05) is 6.07 Å². The minimum atomic E-state index is -3.60. The molecule has 0 radical (unpaired) electrons. The molecule has 3 aromatic heterocycles. The first-order valence-electron chi connectivity index (χ1n) is 12.3. The molecular formula is C27H24FN5O5S. The molecule has 1 amide bonds. The van der Waals surface area contributed by atoms with E-state index < -0.39 is 26.8 Å². The standard InChI is InChI=1S/C27H24FN5O5S/c1-16-14-37-15-19-3-2-17(8-24(19)39(16,35)36)27(34)31-13-21-10-22-18(11-29-21)4-5-25(32-22)33-6-7-38-23-9-20(28)12-30-26(23)33/h2-5,8-12,16H,6-7,13-15H2,1H3,(H,31,34)/t16-/m0/s1. The topological polar surface area (TPSA) is 124 Å². The Hall–Kier alpha value is -4.16. The first kappa shape index (κ1) is 25.1. The molecule has 0 aliphatic carbocycles. The van der Waals surface area contributed by atoms with E-state index in [1.54, 1.807) is 31.3 Å². The van der Waals surface area contributed by atoms with Crippen LogP contribution in [0.1, 0.15) is 28.5 Å². The van der Waals surface area contributed by atoms with E-state index in [9.17, 15) is 17.6 Å². The van der Waals surface area contributed by atoms with Crippen LogP contribution in [0.4, 0.5) is 16.0 Å². The molecule has 0 bridgehead atoms. The molecule has 12 heteroatoms. The van der Waals surface area contributed by atoms with Gasteiger partial charge in [-0.25, -0.2) is 22.8 Å². The lowest BCUT2D eigenvalue weighted by molar-refractivity contribution is 0.0950. The van der Waals surface area contributed by atoms with Crippen molar-refractivity contribution in [3.8, 4) is 5.75 Å². The predicted octanol–water partition coefficient (Wildman–Crippen LogP) is 3.32. The number of ether oxygens (including phenoxy) is 2. The smallest absolute Gasteiger partial charge is 0.251 e. The van der Waals surface area contributed by atoms with Crippen molar-refractivity contribution in [3.63, 3.8) is 0 Å². The van der Waals surface area contributed by atoms with E-state index in [1.807, 2.05) is 17.0 Å². The zero-order valence-electron chi connectivity index (χ0n) is 20.9. The molecule has 0 spiro atoms. The third-order valence-corrected chi connectivity index (χ3v) is 8.91. The van der Waals surface area contributed by atoms with Crippen molar-refractivity contribution in [3.05, 3.63) is 77.5 Å². The number of anilines is 2. The van der Waals surface area contributed by atoms with Gasteiger partial charge in [0.25, 0.3) is 5.91 Å². The van der Waals surface area contributed by atoms with Gasteiger partial charge in [0.15, 0.2) is 21.4 Å². The number of carbonyl (C=O) groups is 1. The second-order valence-electron chi connectivity index (χ2n) is 9.39. The van der Waals surface area contributed by atoms with Crippen LogP contribution in [-0.2, 0) is 27.7 Å². The van der Waals surface area contributed by atoms with Gasteiger partial charge in [-0.15, -0.1) is 0 Å². The summed E-state index contributed by atoms with van der Waals surface area (Å²) in [5.74, 6) is 0.568. The fraction of sp³-hybridized carbons (Fsp3) is 0.259. The van der Waals surface area contributed by atoms with Crippen molar-refractivity contribution in [2.45, 2.75) is 30.2 Å². The van der Waals surface area contributed by atoms with Crippen molar-refractivity contribution in [1.29, 1.82) is 0 Å². The Labute approximate surface area is 223 Å². The monoisotopic (exact) mass is 549 g/mol. The van der Waals surface area contributed by atoms with Crippen molar-refractivity contribution in [1.82, 2.24) is 20.3 Å². The number of nitrogens with one attached hydrogen (secondary N) is 1. The number of nitrogens with zero attached hydrogens (tertiary/aromatic N) is 4. The number of pyridine rings is 3. The number of halogens is 1. The molecule has 0 saturated carbocycles. The zero-order valence-corrected chi connectivity index (χ0v) is 21.7. The van der Waals surface area contributed by atoms with Gasteiger partial charge in [-0.05, 0) is 42.8 Å². The van der Waals surface area contributed by atoms with Crippen LogP contribution >= 0.6 is 0 Å². The summed E-state index contributed by atoms with van der Waals surface area (Å²) in [6.07, 6.45) is 2.81. The first-order valence-corrected chi connectivity index (χ1v) is 13.9. The minimum absolute atomic E-state index is 0.106. The van der Waals surface area contributed by atoms with E-state index in [1.165, 1.54) is 12.1 Å². The summed E-state index contributed by atoms with van der Waals surface area (Å²) in [4.78, 5) is 28.3. The number of sulfone groups is 1. The largest absolute Gasteiger partial charge is 0.488 e. The number of carbonyl (C=O) groups excluding carboxylic acids is 1. The molecule has 6 rings (SSSR count). The van der Waals surface area contributed by atoms with E-state index in [0.29, 0.717) is 47.3 Å². The Morgan fingerprint density at radius 1 is 1.15 bits per heavy atom. The maximum atomic E-state index is 13.6. The van der Waals surface area contributed by atoms with Crippen LogP contribution in [0.25, 0.3) is 10.9 Å². The average Bonchev–Trinajstić information content (AvgIpc) is 3.05. The van der Waals surface area contributed by atoms with Crippen molar-refractivity contribution >= 4 is 38.3 Å². The first-order chi connectivity index (χ1) is 18.8. The summed E-state index contributed by atoms with van der Waals surface area (Å²) in [6.45, 7) is 2.86. The molecule has 0 fully saturated rings. The molecule has 10 nitrogen and oxygen atoms in total. The van der Waals surface area contributed by atoms with Crippen LogP contribution in [0.5, 0.6) is 5.75 Å². The van der Waals surface area contributed by atoms with Crippen molar-refractivity contribution in [2.75, 3.05) is 24.7 Å². The van der Waals surface area contributed by atoms with Crippen LogP contribution in [0.2, 0.25) is 0 Å². The van der Waals surface area contributed by atoms with Crippen molar-refractivity contribution < 1.29 is 27.1 Å². The number of benzene rings is 1. The summed E-state index contributed by atoms with van der Waals surface area (Å²) < 4.78 is 50.3. The fourth-order valence-electron chi connectivity index (χ4n) is 4.59. The summed E-state index contributed by atoms with van der Waals surface area (Å²) in [5, 5.41) is 2.92. The zero-order chi connectivity index (χ0) is 27.1. The van der Waals surface area contributed by atoms with Gasteiger partial charge >= 0.3 is 0 Å². The van der Waals surface area contributed by atoms with Crippen molar-refractivity contribution in [2.24, 2.45) is 0 Å². The Bertz CT molecular complexity index is 1710. The number of fused-ring (bicyclic) bond motifs is 3. The Morgan fingerprint density at radius 2 is 2.03 bits per heavy atom. The van der Waals surface area contributed by atoms with E-state index in [-0.39, 0.29) is 30.2 Å². The molecule has 1 atom stereocenters. The fourth-order valence-corrected chi connectivity index (χ4v) is 6.08. The normalized spacial score (nSPS) is 18.0. The minimum Gasteiger partial charge on any atom is -0.488 e. The number of hydrogen-bond donors (Lipinski definition) is 1. The summed E-state index contributed by atoms with van der Waals surface area (Å²) in [5.41, 5.74) is 2.01. The van der Waals surface area contributed by atoms with Crippen LogP contribution in [-0.4, -0.2) is 54.3 Å². The Morgan fingerprint density at radius 3 is 2.90 bits per heavy atom. The van der Waals surface area contributed by atoms with Crippen LogP contribution in [0.3, 0.4) is 0 Å². The highest BCUT2D eigenvalue weighted by Crippen LogP contribution is 2.34. The van der Waals surface area contributed by atoms with E-state index in [2.05, 4.69) is 15.3 Å². The van der Waals surface area contributed by atoms with Gasteiger partial charge in [0.2, 0.25) is 0 Å². The van der Waals surface area contributed by atoms with Gasteiger partial charge in [0.05, 0.1) is 53.9 Å². The maximum absolute atomic E-state index is 13.6. The lowest BCUT2D eigenvalue weighted by Crippen LogP contribution is -2.30. The van der Waals surface area contributed by atoms with Crippen LogP contribution < -0.4 is 15.0 Å². The lowest BCUT2D eigenvalue weighted by atomic mass is 10.1. The van der Waals surface area contributed by atoms with E-state index in [0.717, 1.165) is 11.6 Å². The van der Waals surface area contributed by atoms with Gasteiger partial charge < -0.3 is 19.7 Å². The number of aromatic nitrogens is 3. The van der Waals surface area contributed by atoms with Gasteiger partial charge in [0.1, 0.15) is 18.2 Å². The molecule has 200 valence electrons. The summed E-state index contributed by atoms with van der Waals surface area (Å²) in [6, 6.07) is 11.4. The highest BCUT2D eigenvalue weighted by molar-refractivity contribution is 7.92. The molecule has 1 aromatic carbocycles. The molecule has 1 N–H and O–H groups in total. The third-order valence-electron chi connectivity index (χ3n) is 6.73. The number of amides is 1.